The van der Waals surface area contributed by atoms with Crippen LogP contribution in [0.1, 0.15) is 40.5 Å². The van der Waals surface area contributed by atoms with E-state index in [2.05, 4.69) is 0 Å². The van der Waals surface area contributed by atoms with Crippen molar-refractivity contribution in [3.05, 3.63) is 0 Å². The lowest BCUT2D eigenvalue weighted by molar-refractivity contribution is -0.380. The zero-order valence-electron chi connectivity index (χ0n) is 9.20. The fourth-order valence-corrected chi connectivity index (χ4v) is 2.49. The molecule has 0 unspecified atom stereocenters. The number of aliphatic hydroxyl groups is 1. The standard InChI is InChI=1S/C9H19N2O3/c1-8(2)5-7(12)6-9(3,4)11(8)14-10-13/h7,10,12H,5-6H2,1-4H3. The van der Waals surface area contributed by atoms with E-state index in [4.69, 9.17) is 4.94 Å². The number of hydrogen-bond donors (Lipinski definition) is 2. The molecule has 0 aliphatic carbocycles. The van der Waals surface area contributed by atoms with Crippen molar-refractivity contribution in [1.82, 2.24) is 10.7 Å². The molecule has 0 atom stereocenters. The molecule has 2 N–H and O–H groups in total. The van der Waals surface area contributed by atoms with Crippen molar-refractivity contribution in [2.75, 3.05) is 0 Å². The molecule has 1 aliphatic rings. The maximum absolute atomic E-state index is 10.3. The van der Waals surface area contributed by atoms with E-state index in [1.165, 1.54) is 5.64 Å². The first-order chi connectivity index (χ1) is 6.29. The third kappa shape index (κ3) is 2.24. The minimum absolute atomic E-state index is 0.341. The highest BCUT2D eigenvalue weighted by atomic mass is 16.9. The minimum atomic E-state index is -0.349. The monoisotopic (exact) mass is 203 g/mol. The van der Waals surface area contributed by atoms with Crippen LogP contribution in [0.5, 0.6) is 0 Å². The predicted octanol–water partition coefficient (Wildman–Crippen LogP) is 0.782. The first kappa shape index (κ1) is 11.9. The second-order valence-electron chi connectivity index (χ2n) is 5.16. The molecule has 0 aromatic rings. The summed E-state index contributed by atoms with van der Waals surface area (Å²) in [6, 6.07) is 0. The van der Waals surface area contributed by atoms with Gasteiger partial charge in [0, 0.05) is 11.1 Å². The number of nitrogens with one attached hydrogen (secondary N) is 1. The average molecular weight is 203 g/mol. The molecular formula is C9H19N2O3. The Morgan fingerprint density at radius 1 is 1.29 bits per heavy atom. The quantitative estimate of drug-likeness (QED) is 0.651. The molecule has 1 fully saturated rings. The molecule has 5 heteroatoms. The van der Waals surface area contributed by atoms with E-state index in [0.29, 0.717) is 12.8 Å². The predicted molar refractivity (Wildman–Crippen MR) is 50.1 cm³/mol. The van der Waals surface area contributed by atoms with Gasteiger partial charge in [-0.25, -0.2) is 0 Å². The Balaban J connectivity index is 2.85. The van der Waals surface area contributed by atoms with E-state index in [0.717, 1.165) is 0 Å². The molecule has 0 amide bonds. The molecular weight excluding hydrogens is 184 g/mol. The normalized spacial score (nSPS) is 27.9. The van der Waals surface area contributed by atoms with E-state index < -0.39 is 0 Å². The van der Waals surface area contributed by atoms with E-state index in [9.17, 15) is 10.3 Å². The van der Waals surface area contributed by atoms with Crippen LogP contribution in [-0.2, 0) is 10.1 Å². The van der Waals surface area contributed by atoms with Gasteiger partial charge >= 0.3 is 0 Å². The minimum Gasteiger partial charge on any atom is -0.393 e. The molecule has 0 aromatic carbocycles. The van der Waals surface area contributed by atoms with Gasteiger partial charge in [0.25, 0.3) is 0 Å². The lowest BCUT2D eigenvalue weighted by Gasteiger charge is -2.51. The zero-order chi connectivity index (χ0) is 11.0. The average Bonchev–Trinajstić information content (AvgIpc) is 1.94. The highest BCUT2D eigenvalue weighted by molar-refractivity contribution is 4.96. The first-order valence-corrected chi connectivity index (χ1v) is 4.82. The summed E-state index contributed by atoms with van der Waals surface area (Å²) in [6.45, 7) is 7.76. The topological polar surface area (TPSA) is 64.6 Å². The molecule has 1 heterocycles. The summed E-state index contributed by atoms with van der Waals surface area (Å²) in [7, 11) is 0. The van der Waals surface area contributed by atoms with Crippen LogP contribution in [0.2, 0.25) is 0 Å². The van der Waals surface area contributed by atoms with E-state index >= 15 is 0 Å². The van der Waals surface area contributed by atoms with Crippen LogP contribution in [0, 0.1) is 0 Å². The largest absolute Gasteiger partial charge is 0.393 e. The molecule has 0 spiro atoms. The van der Waals surface area contributed by atoms with Crippen molar-refractivity contribution < 1.29 is 15.3 Å². The maximum Gasteiger partial charge on any atom is 0.0576 e. The maximum atomic E-state index is 10.3. The van der Waals surface area contributed by atoms with Gasteiger partial charge in [-0.15, -0.1) is 0 Å². The zero-order valence-corrected chi connectivity index (χ0v) is 9.20. The van der Waals surface area contributed by atoms with Gasteiger partial charge in [0.05, 0.1) is 6.10 Å². The van der Waals surface area contributed by atoms with E-state index in [-0.39, 0.29) is 17.2 Å². The molecule has 14 heavy (non-hydrogen) atoms. The van der Waals surface area contributed by atoms with Gasteiger partial charge in [-0.2, -0.15) is 10.0 Å². The van der Waals surface area contributed by atoms with Gasteiger partial charge < -0.3 is 5.11 Å². The molecule has 0 bridgehead atoms. The van der Waals surface area contributed by atoms with Crippen LogP contribution in [0.4, 0.5) is 0 Å². The smallest absolute Gasteiger partial charge is 0.0576 e. The van der Waals surface area contributed by atoms with E-state index in [1.54, 1.807) is 5.06 Å². The number of hydrogen-bond acceptors (Lipinski definition) is 4. The summed E-state index contributed by atoms with van der Waals surface area (Å²) in [5.41, 5.74) is 0.761. The Hall–Kier alpha value is -0.200. The van der Waals surface area contributed by atoms with Gasteiger partial charge in [0.2, 0.25) is 0 Å². The van der Waals surface area contributed by atoms with Crippen LogP contribution < -0.4 is 5.64 Å². The van der Waals surface area contributed by atoms with Crippen molar-refractivity contribution in [3.8, 4) is 0 Å². The Morgan fingerprint density at radius 3 is 2.07 bits per heavy atom. The van der Waals surface area contributed by atoms with Crippen LogP contribution in [0.25, 0.3) is 0 Å². The Labute approximate surface area is 84.5 Å². The molecule has 83 valence electrons. The summed E-state index contributed by atoms with van der Waals surface area (Å²) < 4.78 is 0. The number of rotatable bonds is 2. The lowest BCUT2D eigenvalue weighted by atomic mass is 9.80. The van der Waals surface area contributed by atoms with Gasteiger partial charge in [-0.3, -0.25) is 0 Å². The van der Waals surface area contributed by atoms with Gasteiger partial charge in [0.1, 0.15) is 0 Å². The summed E-state index contributed by atoms with van der Waals surface area (Å²) in [4.78, 5) is 4.88. The molecule has 1 radical (unpaired) electrons. The Kier molecular flexibility index (Phi) is 3.18. The lowest BCUT2D eigenvalue weighted by Crippen LogP contribution is -2.62. The van der Waals surface area contributed by atoms with E-state index in [1.807, 2.05) is 27.7 Å². The highest BCUT2D eigenvalue weighted by Crippen LogP contribution is 2.37. The Bertz CT molecular complexity index is 188. The van der Waals surface area contributed by atoms with Crippen LogP contribution >= 0.6 is 0 Å². The summed E-state index contributed by atoms with van der Waals surface area (Å²) in [5.74, 6) is 0. The SMILES string of the molecule is CC1(C)CC(O)CC(C)(C)N1ON[O]. The summed E-state index contributed by atoms with van der Waals surface area (Å²) in [6.07, 6.45) is 0.849. The second kappa shape index (κ2) is 3.75. The molecule has 1 rings (SSSR count). The molecule has 1 aliphatic heterocycles. The molecule has 0 aromatic heterocycles. The summed E-state index contributed by atoms with van der Waals surface area (Å²) >= 11 is 0. The second-order valence-corrected chi connectivity index (χ2v) is 5.16. The number of hydroxylamine groups is 2. The first-order valence-electron chi connectivity index (χ1n) is 4.82. The number of piperidine rings is 1. The van der Waals surface area contributed by atoms with Crippen LogP contribution in [0.3, 0.4) is 0 Å². The van der Waals surface area contributed by atoms with Crippen molar-refractivity contribution in [2.24, 2.45) is 0 Å². The van der Waals surface area contributed by atoms with Crippen molar-refractivity contribution >= 4 is 0 Å². The van der Waals surface area contributed by atoms with Gasteiger partial charge in [-0.05, 0) is 46.2 Å². The van der Waals surface area contributed by atoms with Crippen LogP contribution in [-0.4, -0.2) is 27.4 Å². The molecule has 5 nitrogen and oxygen atoms in total. The third-order valence-corrected chi connectivity index (χ3v) is 2.70. The molecule has 1 saturated heterocycles. The number of nitrogens with zero attached hydrogens (tertiary/aromatic N) is 1. The fraction of sp³-hybridized carbons (Fsp3) is 1.00. The van der Waals surface area contributed by atoms with Crippen molar-refractivity contribution in [1.29, 1.82) is 0 Å². The van der Waals surface area contributed by atoms with Crippen LogP contribution in [0.15, 0.2) is 0 Å². The van der Waals surface area contributed by atoms with Gasteiger partial charge in [0.15, 0.2) is 0 Å². The van der Waals surface area contributed by atoms with Crippen molar-refractivity contribution in [2.45, 2.75) is 57.7 Å². The fourth-order valence-electron chi connectivity index (χ4n) is 2.49. The number of aliphatic hydroxyl groups excluding tert-OH is 1. The Morgan fingerprint density at radius 2 is 1.71 bits per heavy atom. The molecule has 0 saturated carbocycles. The van der Waals surface area contributed by atoms with Crippen molar-refractivity contribution in [3.63, 3.8) is 0 Å². The third-order valence-electron chi connectivity index (χ3n) is 2.70. The highest BCUT2D eigenvalue weighted by Gasteiger charge is 2.46. The van der Waals surface area contributed by atoms with Gasteiger partial charge in [-0.1, -0.05) is 5.21 Å². The summed E-state index contributed by atoms with van der Waals surface area (Å²) in [5, 5.41) is 21.6.